The molecule has 1 aromatic carbocycles. The lowest BCUT2D eigenvalue weighted by molar-refractivity contribution is -0.143. The molecule has 3 amide bonds. The number of aromatic nitrogens is 2. The number of rotatable bonds is 15. The van der Waals surface area contributed by atoms with Crippen LogP contribution in [0, 0.1) is 5.92 Å². The fourth-order valence-corrected chi connectivity index (χ4v) is 3.66. The second-order valence-corrected chi connectivity index (χ2v) is 9.01. The molecule has 206 valence electrons. The third kappa shape index (κ3) is 9.32. The van der Waals surface area contributed by atoms with E-state index >= 15 is 0 Å². The van der Waals surface area contributed by atoms with Gasteiger partial charge in [-0.2, -0.15) is 0 Å². The highest BCUT2D eigenvalue weighted by atomic mass is 16.4. The number of nitrogens with one attached hydrogen (secondary N) is 4. The van der Waals surface area contributed by atoms with Gasteiger partial charge in [-0.3, -0.25) is 19.2 Å². The van der Waals surface area contributed by atoms with Crippen molar-refractivity contribution in [2.45, 2.75) is 63.7 Å². The van der Waals surface area contributed by atoms with Crippen LogP contribution in [-0.4, -0.2) is 74.0 Å². The quantitative estimate of drug-likeness (QED) is 0.159. The van der Waals surface area contributed by atoms with Crippen LogP contribution in [0.25, 0.3) is 0 Å². The molecule has 0 bridgehead atoms. The van der Waals surface area contributed by atoms with Crippen LogP contribution < -0.4 is 21.7 Å². The molecule has 0 aliphatic carbocycles. The average Bonchev–Trinajstić information content (AvgIpc) is 3.39. The predicted octanol–water partition coefficient (Wildman–Crippen LogP) is -0.418. The van der Waals surface area contributed by atoms with Gasteiger partial charge in [0, 0.05) is 18.3 Å². The second-order valence-electron chi connectivity index (χ2n) is 9.01. The van der Waals surface area contributed by atoms with Crippen molar-refractivity contribution in [1.82, 2.24) is 25.9 Å². The van der Waals surface area contributed by atoms with E-state index in [0.717, 1.165) is 5.56 Å². The number of aliphatic carboxylic acids is 2. The van der Waals surface area contributed by atoms with Gasteiger partial charge in [-0.05, 0) is 17.9 Å². The largest absolute Gasteiger partial charge is 0.481 e. The summed E-state index contributed by atoms with van der Waals surface area (Å²) >= 11 is 0. The van der Waals surface area contributed by atoms with E-state index in [1.807, 2.05) is 30.3 Å². The number of carboxylic acids is 2. The van der Waals surface area contributed by atoms with E-state index in [4.69, 9.17) is 5.73 Å². The summed E-state index contributed by atoms with van der Waals surface area (Å²) in [6, 6.07) is 4.03. The molecule has 2 aromatic rings. The number of nitrogens with zero attached hydrogens (tertiary/aromatic N) is 1. The molecular formula is C25H34N6O7. The van der Waals surface area contributed by atoms with Gasteiger partial charge in [0.25, 0.3) is 0 Å². The van der Waals surface area contributed by atoms with Crippen molar-refractivity contribution in [3.05, 3.63) is 54.1 Å². The first-order valence-corrected chi connectivity index (χ1v) is 12.1. The summed E-state index contributed by atoms with van der Waals surface area (Å²) in [6.07, 6.45) is 2.51. The second kappa shape index (κ2) is 14.5. The Kier molecular flexibility index (Phi) is 11.4. The first kappa shape index (κ1) is 30.0. The summed E-state index contributed by atoms with van der Waals surface area (Å²) in [7, 11) is 0. The molecule has 0 spiro atoms. The molecule has 5 unspecified atom stereocenters. The van der Waals surface area contributed by atoms with Crippen molar-refractivity contribution in [2.24, 2.45) is 11.7 Å². The smallest absolute Gasteiger partial charge is 0.326 e. The molecule has 0 radical (unpaired) electrons. The van der Waals surface area contributed by atoms with Crippen molar-refractivity contribution in [3.8, 4) is 0 Å². The highest BCUT2D eigenvalue weighted by Gasteiger charge is 2.33. The van der Waals surface area contributed by atoms with Crippen LogP contribution >= 0.6 is 0 Å². The van der Waals surface area contributed by atoms with Gasteiger partial charge >= 0.3 is 11.9 Å². The van der Waals surface area contributed by atoms with E-state index in [1.54, 1.807) is 13.8 Å². The molecule has 1 heterocycles. The number of hydrogen-bond donors (Lipinski definition) is 7. The maximum atomic E-state index is 13.2. The van der Waals surface area contributed by atoms with Gasteiger partial charge in [0.05, 0.1) is 18.8 Å². The zero-order chi connectivity index (χ0) is 28.2. The van der Waals surface area contributed by atoms with Gasteiger partial charge in [0.2, 0.25) is 17.7 Å². The van der Waals surface area contributed by atoms with Crippen LogP contribution in [0.2, 0.25) is 0 Å². The molecule has 0 aliphatic rings. The Bertz CT molecular complexity index is 1090. The van der Waals surface area contributed by atoms with Gasteiger partial charge < -0.3 is 36.9 Å². The van der Waals surface area contributed by atoms with E-state index in [9.17, 15) is 34.2 Å². The fourth-order valence-electron chi connectivity index (χ4n) is 3.66. The SMILES string of the molecule is CCC(C)C(NC(=O)C(N)Cc1ccccc1)C(=O)NC(CC(=O)O)C(=O)NC(Cc1cnc[nH]1)C(=O)O. The maximum absolute atomic E-state index is 13.2. The van der Waals surface area contributed by atoms with Crippen molar-refractivity contribution < 1.29 is 34.2 Å². The lowest BCUT2D eigenvalue weighted by atomic mass is 9.96. The summed E-state index contributed by atoms with van der Waals surface area (Å²) < 4.78 is 0. The minimum absolute atomic E-state index is 0.139. The Morgan fingerprint density at radius 3 is 2.16 bits per heavy atom. The highest BCUT2D eigenvalue weighted by Crippen LogP contribution is 2.11. The zero-order valence-electron chi connectivity index (χ0n) is 21.2. The normalized spacial score (nSPS) is 14.8. The summed E-state index contributed by atoms with van der Waals surface area (Å²) in [5.41, 5.74) is 7.31. The number of carbonyl (C=O) groups is 5. The Morgan fingerprint density at radius 2 is 1.61 bits per heavy atom. The van der Waals surface area contributed by atoms with Gasteiger partial charge in [-0.15, -0.1) is 0 Å². The number of imidazole rings is 1. The number of carboxylic acid groups (broad SMARTS) is 2. The standard InChI is InChI=1S/C25H34N6O7/c1-3-14(2)21(31-22(34)17(26)9-15-7-5-4-6-8-15)24(36)29-18(11-20(32)33)23(35)30-19(25(37)38)10-16-12-27-13-28-16/h4-8,12-14,17-19,21H,3,9-11,26H2,1-2H3,(H,27,28)(H,29,36)(H,30,35)(H,31,34)(H,32,33)(H,37,38). The Hall–Kier alpha value is -4.26. The number of H-pyrrole nitrogens is 1. The average molecular weight is 531 g/mol. The molecule has 13 nitrogen and oxygen atoms in total. The zero-order valence-corrected chi connectivity index (χ0v) is 21.2. The van der Waals surface area contributed by atoms with Crippen LogP contribution in [0.5, 0.6) is 0 Å². The first-order valence-electron chi connectivity index (χ1n) is 12.1. The molecule has 38 heavy (non-hydrogen) atoms. The first-order chi connectivity index (χ1) is 18.0. The highest BCUT2D eigenvalue weighted by molar-refractivity contribution is 5.95. The Balaban J connectivity index is 2.13. The summed E-state index contributed by atoms with van der Waals surface area (Å²) in [5.74, 6) is -5.50. The molecule has 8 N–H and O–H groups in total. The molecule has 5 atom stereocenters. The minimum atomic E-state index is -1.59. The van der Waals surface area contributed by atoms with Crippen LogP contribution in [-0.2, 0) is 36.8 Å². The lowest BCUT2D eigenvalue weighted by Crippen LogP contribution is -2.59. The van der Waals surface area contributed by atoms with E-state index in [1.165, 1.54) is 12.5 Å². The lowest BCUT2D eigenvalue weighted by Gasteiger charge is -2.27. The van der Waals surface area contributed by atoms with Crippen LogP contribution in [0.15, 0.2) is 42.9 Å². The monoisotopic (exact) mass is 530 g/mol. The van der Waals surface area contributed by atoms with Gasteiger partial charge in [0.15, 0.2) is 0 Å². The summed E-state index contributed by atoms with van der Waals surface area (Å²) in [6.45, 7) is 3.51. The Labute approximate surface area is 219 Å². The molecule has 13 heteroatoms. The topological polar surface area (TPSA) is 217 Å². The van der Waals surface area contributed by atoms with Crippen molar-refractivity contribution in [2.75, 3.05) is 0 Å². The van der Waals surface area contributed by atoms with E-state index < -0.39 is 60.2 Å². The predicted molar refractivity (Wildman–Crippen MR) is 136 cm³/mol. The van der Waals surface area contributed by atoms with Crippen molar-refractivity contribution in [1.29, 1.82) is 0 Å². The van der Waals surface area contributed by atoms with E-state index in [2.05, 4.69) is 25.9 Å². The minimum Gasteiger partial charge on any atom is -0.481 e. The van der Waals surface area contributed by atoms with Gasteiger partial charge in [-0.1, -0.05) is 50.6 Å². The molecule has 0 saturated heterocycles. The van der Waals surface area contributed by atoms with Crippen molar-refractivity contribution in [3.63, 3.8) is 0 Å². The number of nitrogens with two attached hydrogens (primary N) is 1. The maximum Gasteiger partial charge on any atom is 0.326 e. The van der Waals surface area contributed by atoms with Crippen LogP contribution in [0.1, 0.15) is 37.9 Å². The third-order valence-electron chi connectivity index (χ3n) is 6.03. The number of hydrogen-bond acceptors (Lipinski definition) is 7. The summed E-state index contributed by atoms with van der Waals surface area (Å²) in [5, 5.41) is 26.0. The van der Waals surface area contributed by atoms with Gasteiger partial charge in [-0.25, -0.2) is 9.78 Å². The summed E-state index contributed by atoms with van der Waals surface area (Å²) in [4.78, 5) is 68.4. The Morgan fingerprint density at radius 1 is 0.947 bits per heavy atom. The molecular weight excluding hydrogens is 496 g/mol. The molecule has 0 saturated carbocycles. The van der Waals surface area contributed by atoms with Gasteiger partial charge in [0.1, 0.15) is 18.1 Å². The number of carbonyl (C=O) groups excluding carboxylic acids is 3. The molecule has 1 aromatic heterocycles. The number of aromatic amines is 1. The van der Waals surface area contributed by atoms with E-state index in [-0.39, 0.29) is 18.8 Å². The van der Waals surface area contributed by atoms with Crippen LogP contribution in [0.3, 0.4) is 0 Å². The van der Waals surface area contributed by atoms with Crippen molar-refractivity contribution >= 4 is 29.7 Å². The molecule has 2 rings (SSSR count). The number of benzene rings is 1. The molecule has 0 fully saturated rings. The van der Waals surface area contributed by atoms with E-state index in [0.29, 0.717) is 12.1 Å². The molecule has 0 aliphatic heterocycles. The number of amides is 3. The van der Waals surface area contributed by atoms with Crippen LogP contribution in [0.4, 0.5) is 0 Å². The third-order valence-corrected chi connectivity index (χ3v) is 6.03. The fraction of sp³-hybridized carbons (Fsp3) is 0.440.